The summed E-state index contributed by atoms with van der Waals surface area (Å²) in [5.74, 6) is -0.822. The zero-order chi connectivity index (χ0) is 23.6. The first-order chi connectivity index (χ1) is 16.0. The number of hydrogen-bond donors (Lipinski definition) is 3. The predicted octanol–water partition coefficient (Wildman–Crippen LogP) is 2.86. The molecule has 176 valence electrons. The lowest BCUT2D eigenvalue weighted by atomic mass is 9.98. The van der Waals surface area contributed by atoms with Gasteiger partial charge in [0.1, 0.15) is 19.3 Å². The first kappa shape index (κ1) is 24.6. The topological polar surface area (TPSA) is 114 Å². The van der Waals surface area contributed by atoms with Crippen LogP contribution >= 0.6 is 11.8 Å². The number of ether oxygens (including phenoxy) is 2. The summed E-state index contributed by atoms with van der Waals surface area (Å²) in [4.78, 5) is 35.5. The van der Waals surface area contributed by atoms with Gasteiger partial charge in [0.15, 0.2) is 0 Å². The van der Waals surface area contributed by atoms with Crippen molar-refractivity contribution in [2.75, 3.05) is 38.4 Å². The van der Waals surface area contributed by atoms with Gasteiger partial charge in [0.2, 0.25) is 5.91 Å². The SMILES string of the molecule is CSCCC(NC(=O)OCC1c2ccccc2-c2ccccc21)C(=O)NCCOCC(=O)O. The highest BCUT2D eigenvalue weighted by Gasteiger charge is 2.29. The van der Waals surface area contributed by atoms with Crippen LogP contribution in [0.15, 0.2) is 48.5 Å². The zero-order valence-corrected chi connectivity index (χ0v) is 19.2. The van der Waals surface area contributed by atoms with Crippen LogP contribution in [0, 0.1) is 0 Å². The van der Waals surface area contributed by atoms with E-state index in [1.165, 1.54) is 0 Å². The quantitative estimate of drug-likeness (QED) is 0.407. The second kappa shape index (κ2) is 12.3. The fourth-order valence-corrected chi connectivity index (χ4v) is 4.29. The minimum Gasteiger partial charge on any atom is -0.480 e. The van der Waals surface area contributed by atoms with Crippen LogP contribution in [-0.2, 0) is 19.1 Å². The third kappa shape index (κ3) is 6.72. The first-order valence-corrected chi connectivity index (χ1v) is 12.1. The molecule has 1 aliphatic carbocycles. The smallest absolute Gasteiger partial charge is 0.407 e. The molecule has 8 nitrogen and oxygen atoms in total. The van der Waals surface area contributed by atoms with Crippen LogP contribution in [0.3, 0.4) is 0 Å². The Morgan fingerprint density at radius 2 is 1.70 bits per heavy atom. The molecule has 1 aliphatic rings. The summed E-state index contributed by atoms with van der Waals surface area (Å²) in [6.45, 7) is -0.0456. The number of carbonyl (C=O) groups is 3. The highest BCUT2D eigenvalue weighted by Crippen LogP contribution is 2.44. The lowest BCUT2D eigenvalue weighted by molar-refractivity contribution is -0.142. The van der Waals surface area contributed by atoms with Crippen molar-refractivity contribution in [2.24, 2.45) is 0 Å². The summed E-state index contributed by atoms with van der Waals surface area (Å²) in [6.07, 6.45) is 1.70. The number of rotatable bonds is 12. The molecule has 0 saturated heterocycles. The van der Waals surface area contributed by atoms with Gasteiger partial charge in [-0.05, 0) is 40.7 Å². The van der Waals surface area contributed by atoms with Gasteiger partial charge in [-0.2, -0.15) is 11.8 Å². The number of nitrogens with one attached hydrogen (secondary N) is 2. The second-order valence-corrected chi connectivity index (χ2v) is 8.53. The molecule has 0 heterocycles. The summed E-state index contributed by atoms with van der Waals surface area (Å²) in [5.41, 5.74) is 4.52. The Morgan fingerprint density at radius 3 is 2.30 bits per heavy atom. The van der Waals surface area contributed by atoms with Gasteiger partial charge in [-0.15, -0.1) is 0 Å². The van der Waals surface area contributed by atoms with Gasteiger partial charge in [0.25, 0.3) is 0 Å². The molecule has 0 radical (unpaired) electrons. The van der Waals surface area contributed by atoms with Gasteiger partial charge in [0, 0.05) is 12.5 Å². The van der Waals surface area contributed by atoms with Gasteiger partial charge < -0.3 is 25.2 Å². The number of amides is 2. The van der Waals surface area contributed by atoms with E-state index in [0.717, 1.165) is 22.3 Å². The maximum atomic E-state index is 12.5. The van der Waals surface area contributed by atoms with Crippen LogP contribution in [0.1, 0.15) is 23.5 Å². The van der Waals surface area contributed by atoms with E-state index in [2.05, 4.69) is 22.8 Å². The van der Waals surface area contributed by atoms with E-state index in [1.807, 2.05) is 42.7 Å². The molecular formula is C24H28N2O6S. The van der Waals surface area contributed by atoms with Crippen molar-refractivity contribution in [2.45, 2.75) is 18.4 Å². The molecule has 0 fully saturated rings. The van der Waals surface area contributed by atoms with E-state index < -0.39 is 24.7 Å². The Balaban J connectivity index is 1.55. The van der Waals surface area contributed by atoms with Gasteiger partial charge in [-0.1, -0.05) is 48.5 Å². The molecular weight excluding hydrogens is 444 g/mol. The lowest BCUT2D eigenvalue weighted by Crippen LogP contribution is -2.48. The number of hydrogen-bond acceptors (Lipinski definition) is 6. The molecule has 0 aliphatic heterocycles. The number of alkyl carbamates (subject to hydrolysis) is 1. The largest absolute Gasteiger partial charge is 0.480 e. The molecule has 33 heavy (non-hydrogen) atoms. The van der Waals surface area contributed by atoms with E-state index in [-0.39, 0.29) is 31.6 Å². The van der Waals surface area contributed by atoms with Gasteiger partial charge in [-0.25, -0.2) is 9.59 Å². The molecule has 2 aromatic carbocycles. The molecule has 1 atom stereocenters. The average molecular weight is 473 g/mol. The second-order valence-electron chi connectivity index (χ2n) is 7.54. The number of fused-ring (bicyclic) bond motifs is 3. The Hall–Kier alpha value is -3.04. The van der Waals surface area contributed by atoms with Crippen molar-refractivity contribution in [1.29, 1.82) is 0 Å². The number of benzene rings is 2. The molecule has 2 amide bonds. The molecule has 3 rings (SSSR count). The molecule has 3 N–H and O–H groups in total. The van der Waals surface area contributed by atoms with Crippen LogP contribution < -0.4 is 10.6 Å². The Bertz CT molecular complexity index is 937. The highest BCUT2D eigenvalue weighted by molar-refractivity contribution is 7.98. The van der Waals surface area contributed by atoms with Crippen molar-refractivity contribution in [3.63, 3.8) is 0 Å². The van der Waals surface area contributed by atoms with Crippen molar-refractivity contribution in [3.8, 4) is 11.1 Å². The van der Waals surface area contributed by atoms with Gasteiger partial charge >= 0.3 is 12.1 Å². The van der Waals surface area contributed by atoms with Crippen LogP contribution in [0.4, 0.5) is 4.79 Å². The van der Waals surface area contributed by atoms with Crippen molar-refractivity contribution < 1.29 is 29.0 Å². The zero-order valence-electron chi connectivity index (χ0n) is 18.4. The van der Waals surface area contributed by atoms with Crippen LogP contribution in [-0.4, -0.2) is 67.5 Å². The van der Waals surface area contributed by atoms with E-state index in [4.69, 9.17) is 14.6 Å². The molecule has 0 spiro atoms. The van der Waals surface area contributed by atoms with Crippen molar-refractivity contribution in [3.05, 3.63) is 59.7 Å². The number of thioether (sulfide) groups is 1. The maximum absolute atomic E-state index is 12.5. The van der Waals surface area contributed by atoms with E-state index >= 15 is 0 Å². The number of aliphatic carboxylic acids is 1. The summed E-state index contributed by atoms with van der Waals surface area (Å²) in [7, 11) is 0. The van der Waals surface area contributed by atoms with E-state index in [9.17, 15) is 14.4 Å². The Kier molecular flexibility index (Phi) is 9.14. The number of carboxylic acids is 1. The molecule has 1 unspecified atom stereocenters. The summed E-state index contributed by atoms with van der Waals surface area (Å²) in [5, 5.41) is 13.9. The lowest BCUT2D eigenvalue weighted by Gasteiger charge is -2.19. The van der Waals surface area contributed by atoms with Crippen LogP contribution in [0.5, 0.6) is 0 Å². The third-order valence-corrected chi connectivity index (χ3v) is 5.98. The third-order valence-electron chi connectivity index (χ3n) is 5.33. The molecule has 0 aromatic heterocycles. The normalized spacial score (nSPS) is 13.0. The van der Waals surface area contributed by atoms with E-state index in [0.29, 0.717) is 12.2 Å². The van der Waals surface area contributed by atoms with Crippen LogP contribution in [0.2, 0.25) is 0 Å². The molecule has 9 heteroatoms. The first-order valence-electron chi connectivity index (χ1n) is 10.7. The average Bonchev–Trinajstić information content (AvgIpc) is 3.13. The summed E-state index contributed by atoms with van der Waals surface area (Å²) >= 11 is 1.57. The number of carboxylic acid groups (broad SMARTS) is 1. The van der Waals surface area contributed by atoms with Gasteiger partial charge in [0.05, 0.1) is 6.61 Å². The van der Waals surface area contributed by atoms with Crippen molar-refractivity contribution >= 4 is 29.7 Å². The van der Waals surface area contributed by atoms with E-state index in [1.54, 1.807) is 11.8 Å². The Morgan fingerprint density at radius 1 is 1.06 bits per heavy atom. The number of carbonyl (C=O) groups excluding carboxylic acids is 2. The maximum Gasteiger partial charge on any atom is 0.407 e. The summed E-state index contributed by atoms with van der Waals surface area (Å²) < 4.78 is 10.5. The summed E-state index contributed by atoms with van der Waals surface area (Å²) in [6, 6.07) is 15.4. The fourth-order valence-electron chi connectivity index (χ4n) is 3.82. The van der Waals surface area contributed by atoms with Gasteiger partial charge in [-0.3, -0.25) is 4.79 Å². The standard InChI is InChI=1S/C24H28N2O6S/c1-33-13-10-21(23(29)25-11-12-31-15-22(27)28)26-24(30)32-14-20-18-8-4-2-6-16(18)17-7-3-5-9-19(17)20/h2-9,20-21H,10-15H2,1H3,(H,25,29)(H,26,30)(H,27,28). The fraction of sp³-hybridized carbons (Fsp3) is 0.375. The monoisotopic (exact) mass is 472 g/mol. The van der Waals surface area contributed by atoms with Crippen LogP contribution in [0.25, 0.3) is 11.1 Å². The minimum absolute atomic E-state index is 0.0620. The minimum atomic E-state index is -1.07. The highest BCUT2D eigenvalue weighted by atomic mass is 32.2. The Labute approximate surface area is 197 Å². The molecule has 0 saturated carbocycles. The molecule has 2 aromatic rings. The predicted molar refractivity (Wildman–Crippen MR) is 126 cm³/mol. The van der Waals surface area contributed by atoms with Crippen molar-refractivity contribution in [1.82, 2.24) is 10.6 Å². The molecule has 0 bridgehead atoms.